The molecule has 0 heterocycles. The molecule has 0 aromatic heterocycles. The summed E-state index contributed by atoms with van der Waals surface area (Å²) in [6.45, 7) is 3.08. The molecule has 0 amide bonds. The lowest BCUT2D eigenvalue weighted by Gasteiger charge is -2.35. The van der Waals surface area contributed by atoms with E-state index in [2.05, 4.69) is 5.32 Å². The minimum Gasteiger partial charge on any atom is -0.480 e. The van der Waals surface area contributed by atoms with Crippen LogP contribution in [0.1, 0.15) is 26.2 Å². The zero-order chi connectivity index (χ0) is 15.5. The third-order valence-electron chi connectivity index (χ3n) is 4.10. The molecule has 0 spiro atoms. The van der Waals surface area contributed by atoms with E-state index in [0.29, 0.717) is 13.1 Å². The van der Waals surface area contributed by atoms with Gasteiger partial charge in [-0.3, -0.25) is 4.79 Å². The molecule has 5 heteroatoms. The van der Waals surface area contributed by atoms with Gasteiger partial charge in [-0.15, -0.1) is 0 Å². The fraction of sp³-hybridized carbons (Fsp3) is 0.562. The zero-order valence-corrected chi connectivity index (χ0v) is 12.6. The minimum absolute atomic E-state index is 0.171. The molecule has 1 atom stereocenters. The largest absolute Gasteiger partial charge is 0.480 e. The van der Waals surface area contributed by atoms with Crippen molar-refractivity contribution in [2.75, 3.05) is 25.0 Å². The molecule has 0 bridgehead atoms. The Balaban J connectivity index is 2.17. The molecular weight excluding hydrogens is 271 g/mol. The average molecular weight is 294 g/mol. The predicted octanol–water partition coefficient (Wildman–Crippen LogP) is 2.49. The quantitative estimate of drug-likeness (QED) is 0.773. The standard InChI is InChI=1S/C16H23FN2O2/c1-3-10-18-16(15(20)21,12-4-5-12)11-19(2)14-8-6-13(17)7-9-14/h6-9,12,18H,3-5,10-11H2,1-2H3,(H,20,21). The van der Waals surface area contributed by atoms with Crippen molar-refractivity contribution in [3.63, 3.8) is 0 Å². The van der Waals surface area contributed by atoms with Crippen molar-refractivity contribution in [1.29, 1.82) is 0 Å². The highest BCUT2D eigenvalue weighted by Gasteiger charge is 2.51. The molecule has 2 N–H and O–H groups in total. The Kier molecular flexibility index (Phi) is 4.83. The first-order valence-corrected chi connectivity index (χ1v) is 7.44. The molecule has 0 radical (unpaired) electrons. The number of carboxylic acids is 1. The maximum absolute atomic E-state index is 13.0. The molecule has 1 fully saturated rings. The highest BCUT2D eigenvalue weighted by atomic mass is 19.1. The third kappa shape index (κ3) is 3.53. The van der Waals surface area contributed by atoms with E-state index in [-0.39, 0.29) is 11.7 Å². The SMILES string of the molecule is CCCNC(CN(C)c1ccc(F)cc1)(C(=O)O)C1CC1. The maximum Gasteiger partial charge on any atom is 0.326 e. The Hall–Kier alpha value is -1.62. The molecule has 1 saturated carbocycles. The molecule has 2 rings (SSSR count). The number of carboxylic acid groups (broad SMARTS) is 1. The molecule has 0 saturated heterocycles. The Morgan fingerprint density at radius 1 is 1.43 bits per heavy atom. The molecule has 1 aromatic carbocycles. The Morgan fingerprint density at radius 2 is 2.05 bits per heavy atom. The molecule has 116 valence electrons. The number of likely N-dealkylation sites (N-methyl/N-ethyl adjacent to an activating group) is 1. The van der Waals surface area contributed by atoms with E-state index in [4.69, 9.17) is 0 Å². The summed E-state index contributed by atoms with van der Waals surface area (Å²) in [7, 11) is 1.85. The van der Waals surface area contributed by atoms with E-state index in [1.807, 2.05) is 18.9 Å². The average Bonchev–Trinajstić information content (AvgIpc) is 3.28. The number of carbonyl (C=O) groups is 1. The van der Waals surface area contributed by atoms with Gasteiger partial charge in [0.1, 0.15) is 11.4 Å². The predicted molar refractivity (Wildman–Crippen MR) is 81.1 cm³/mol. The monoisotopic (exact) mass is 294 g/mol. The van der Waals surface area contributed by atoms with Crippen LogP contribution in [0.4, 0.5) is 10.1 Å². The van der Waals surface area contributed by atoms with Crippen molar-refractivity contribution in [1.82, 2.24) is 5.32 Å². The number of anilines is 1. The van der Waals surface area contributed by atoms with Crippen LogP contribution in [-0.4, -0.2) is 36.8 Å². The number of benzene rings is 1. The second-order valence-electron chi connectivity index (χ2n) is 5.81. The second-order valence-corrected chi connectivity index (χ2v) is 5.81. The number of halogens is 1. The van der Waals surface area contributed by atoms with Gasteiger partial charge in [0.2, 0.25) is 0 Å². The van der Waals surface area contributed by atoms with E-state index < -0.39 is 11.5 Å². The summed E-state index contributed by atoms with van der Waals surface area (Å²) in [6, 6.07) is 6.14. The van der Waals surface area contributed by atoms with E-state index >= 15 is 0 Å². The first kappa shape index (κ1) is 15.8. The lowest BCUT2D eigenvalue weighted by Crippen LogP contribution is -2.60. The molecular formula is C16H23FN2O2. The van der Waals surface area contributed by atoms with Crippen LogP contribution in [0.2, 0.25) is 0 Å². The first-order valence-electron chi connectivity index (χ1n) is 7.44. The summed E-state index contributed by atoms with van der Waals surface area (Å²) in [5.41, 5.74) is -0.0972. The number of hydrogen-bond acceptors (Lipinski definition) is 3. The molecule has 4 nitrogen and oxygen atoms in total. The molecule has 1 aliphatic rings. The van der Waals surface area contributed by atoms with Gasteiger partial charge in [0.05, 0.1) is 0 Å². The Labute approximate surface area is 125 Å². The number of rotatable bonds is 8. The molecule has 1 aliphatic carbocycles. The Bertz CT molecular complexity index is 488. The van der Waals surface area contributed by atoms with Crippen LogP contribution in [0.3, 0.4) is 0 Å². The van der Waals surface area contributed by atoms with E-state index in [1.165, 1.54) is 12.1 Å². The van der Waals surface area contributed by atoms with Gasteiger partial charge in [-0.25, -0.2) is 4.39 Å². The lowest BCUT2D eigenvalue weighted by atomic mass is 9.92. The van der Waals surface area contributed by atoms with E-state index in [1.54, 1.807) is 12.1 Å². The van der Waals surface area contributed by atoms with Gasteiger partial charge in [0.25, 0.3) is 0 Å². The lowest BCUT2D eigenvalue weighted by molar-refractivity contribution is -0.145. The highest BCUT2D eigenvalue weighted by Crippen LogP contribution is 2.41. The van der Waals surface area contributed by atoms with Gasteiger partial charge in [0.15, 0.2) is 0 Å². The third-order valence-corrected chi connectivity index (χ3v) is 4.10. The number of nitrogens with one attached hydrogen (secondary N) is 1. The van der Waals surface area contributed by atoms with Gasteiger partial charge in [-0.2, -0.15) is 0 Å². The van der Waals surface area contributed by atoms with Gasteiger partial charge < -0.3 is 15.3 Å². The van der Waals surface area contributed by atoms with Gasteiger partial charge in [0, 0.05) is 19.3 Å². The van der Waals surface area contributed by atoms with Gasteiger partial charge in [-0.1, -0.05) is 6.92 Å². The fourth-order valence-corrected chi connectivity index (χ4v) is 2.73. The number of hydrogen-bond donors (Lipinski definition) is 2. The zero-order valence-electron chi connectivity index (χ0n) is 12.6. The molecule has 21 heavy (non-hydrogen) atoms. The molecule has 0 aliphatic heterocycles. The highest BCUT2D eigenvalue weighted by molar-refractivity contribution is 5.81. The Morgan fingerprint density at radius 3 is 2.52 bits per heavy atom. The van der Waals surface area contributed by atoms with Crippen molar-refractivity contribution >= 4 is 11.7 Å². The fourth-order valence-electron chi connectivity index (χ4n) is 2.73. The summed E-state index contributed by atoms with van der Waals surface area (Å²) in [5.74, 6) is -0.917. The number of aliphatic carboxylic acids is 1. The van der Waals surface area contributed by atoms with Crippen molar-refractivity contribution in [2.24, 2.45) is 5.92 Å². The van der Waals surface area contributed by atoms with Crippen LogP contribution in [0.25, 0.3) is 0 Å². The van der Waals surface area contributed by atoms with E-state index in [0.717, 1.165) is 24.9 Å². The van der Waals surface area contributed by atoms with Crippen molar-refractivity contribution < 1.29 is 14.3 Å². The number of nitrogens with zero attached hydrogens (tertiary/aromatic N) is 1. The maximum atomic E-state index is 13.0. The van der Waals surface area contributed by atoms with Crippen LogP contribution in [-0.2, 0) is 4.79 Å². The second kappa shape index (κ2) is 6.43. The first-order chi connectivity index (χ1) is 9.99. The van der Waals surface area contributed by atoms with Crippen LogP contribution in [0.5, 0.6) is 0 Å². The van der Waals surface area contributed by atoms with E-state index in [9.17, 15) is 14.3 Å². The van der Waals surface area contributed by atoms with Crippen LogP contribution >= 0.6 is 0 Å². The minimum atomic E-state index is -0.918. The molecule has 1 unspecified atom stereocenters. The summed E-state index contributed by atoms with van der Waals surface area (Å²) in [6.07, 6.45) is 2.78. The normalized spacial score (nSPS) is 17.3. The van der Waals surface area contributed by atoms with Crippen LogP contribution < -0.4 is 10.2 Å². The van der Waals surface area contributed by atoms with Crippen LogP contribution in [0.15, 0.2) is 24.3 Å². The van der Waals surface area contributed by atoms with Crippen LogP contribution in [0, 0.1) is 11.7 Å². The summed E-state index contributed by atoms with van der Waals surface area (Å²) >= 11 is 0. The summed E-state index contributed by atoms with van der Waals surface area (Å²) in [5, 5.41) is 13.0. The van der Waals surface area contributed by atoms with Gasteiger partial charge >= 0.3 is 5.97 Å². The smallest absolute Gasteiger partial charge is 0.326 e. The van der Waals surface area contributed by atoms with Crippen molar-refractivity contribution in [3.05, 3.63) is 30.1 Å². The molecule has 1 aromatic rings. The van der Waals surface area contributed by atoms with Crippen molar-refractivity contribution in [2.45, 2.75) is 31.7 Å². The summed E-state index contributed by atoms with van der Waals surface area (Å²) < 4.78 is 13.0. The van der Waals surface area contributed by atoms with Gasteiger partial charge in [-0.05, 0) is 56.0 Å². The summed E-state index contributed by atoms with van der Waals surface area (Å²) in [4.78, 5) is 13.8. The topological polar surface area (TPSA) is 52.6 Å². The van der Waals surface area contributed by atoms with Crippen molar-refractivity contribution in [3.8, 4) is 0 Å².